The summed E-state index contributed by atoms with van der Waals surface area (Å²) in [4.78, 5) is 27.9. The first-order valence-corrected chi connectivity index (χ1v) is 7.55. The van der Waals surface area contributed by atoms with E-state index in [4.69, 9.17) is 46.4 Å². The van der Waals surface area contributed by atoms with Crippen LogP contribution in [0.5, 0.6) is 0 Å². The lowest BCUT2D eigenvalue weighted by Gasteiger charge is -2.29. The summed E-state index contributed by atoms with van der Waals surface area (Å²) in [6.45, 7) is 0. The van der Waals surface area contributed by atoms with Crippen molar-refractivity contribution in [2.75, 3.05) is 0 Å². The molecule has 0 saturated carbocycles. The Morgan fingerprint density at radius 2 is 0.786 bits per heavy atom. The Morgan fingerprint density at radius 3 is 0.964 bits per heavy atom. The summed E-state index contributed by atoms with van der Waals surface area (Å²) < 4.78 is 118. The maximum absolute atomic E-state index is 13.5. The molecule has 28 heavy (non-hydrogen) atoms. The van der Waals surface area contributed by atoms with E-state index in [0.29, 0.717) is 0 Å². The molecule has 0 saturated heterocycles. The van der Waals surface area contributed by atoms with Gasteiger partial charge in [-0.25, -0.2) is 19.4 Å². The van der Waals surface area contributed by atoms with Gasteiger partial charge in [-0.15, -0.1) is 0 Å². The van der Waals surface area contributed by atoms with Crippen LogP contribution in [0.3, 0.4) is 0 Å². The van der Waals surface area contributed by atoms with Gasteiger partial charge in [-0.1, -0.05) is 46.4 Å². The third-order valence-electron chi connectivity index (χ3n) is 2.47. The number of hydrogen-bond acceptors (Lipinski definition) is 4. The summed E-state index contributed by atoms with van der Waals surface area (Å²) in [5, 5.41) is 0. The van der Waals surface area contributed by atoms with Crippen molar-refractivity contribution in [3.05, 3.63) is 0 Å². The molecule has 0 unspecified atom stereocenters. The zero-order valence-electron chi connectivity index (χ0n) is 12.3. The normalized spacial score (nSPS) is 14.6. The minimum atomic E-state index is -5.48. The van der Waals surface area contributed by atoms with Crippen LogP contribution >= 0.6 is 46.4 Å². The van der Waals surface area contributed by atoms with Crippen LogP contribution in [0.1, 0.15) is 12.8 Å². The zero-order chi connectivity index (χ0) is 23.0. The van der Waals surface area contributed by atoms with Crippen molar-refractivity contribution in [2.45, 2.75) is 45.7 Å². The largest absolute Gasteiger partial charge is 0.427 e. The van der Waals surface area contributed by atoms with Gasteiger partial charge in [0.15, 0.2) is 0 Å². The smallest absolute Gasteiger partial charge is 0.240 e. The van der Waals surface area contributed by atoms with Crippen molar-refractivity contribution in [3.8, 4) is 0 Å². The number of rotatable bonds is 6. The molecule has 166 valence electrons. The van der Waals surface area contributed by atoms with Gasteiger partial charge in [0.05, 0.1) is 12.8 Å². The van der Waals surface area contributed by atoms with Gasteiger partial charge in [0.2, 0.25) is 8.67 Å². The first-order valence-electron chi connectivity index (χ1n) is 6.04. The van der Waals surface area contributed by atoms with Gasteiger partial charge < -0.3 is 0 Å². The van der Waals surface area contributed by atoms with E-state index >= 15 is 0 Å². The van der Waals surface area contributed by atoms with Gasteiger partial charge in [0.1, 0.15) is 0 Å². The fourth-order valence-corrected chi connectivity index (χ4v) is 2.12. The third kappa shape index (κ3) is 7.02. The quantitative estimate of drug-likeness (QED) is 0.201. The van der Waals surface area contributed by atoms with Crippen LogP contribution in [-0.4, -0.2) is 44.8 Å². The molecular formula is C10H4Cl4F10O4. The van der Waals surface area contributed by atoms with E-state index in [1.54, 1.807) is 0 Å². The molecule has 0 aliphatic heterocycles. The van der Waals surface area contributed by atoms with Crippen LogP contribution in [0.4, 0.5) is 43.9 Å². The number of carbonyl (C=O) groups excluding carboxylic acids is 2. The zero-order valence-corrected chi connectivity index (χ0v) is 15.4. The Labute approximate surface area is 167 Å². The standard InChI is InChI=1S/C10H4Cl4F10O4/c11-5(12,1-7(15,16)17)9(21,22)3(25)27-28-4(26)10(23,24)6(13,14)2-8(18,19)20/h1-2H2. The summed E-state index contributed by atoms with van der Waals surface area (Å²) in [6.07, 6.45) is -16.3. The molecule has 0 bridgehead atoms. The lowest BCUT2D eigenvalue weighted by atomic mass is 10.1. The monoisotopic (exact) mass is 518 g/mol. The van der Waals surface area contributed by atoms with E-state index in [-0.39, 0.29) is 0 Å². The Bertz CT molecular complexity index is 550. The van der Waals surface area contributed by atoms with Crippen molar-refractivity contribution < 1.29 is 63.3 Å². The second kappa shape index (κ2) is 8.26. The number of halogens is 14. The molecule has 0 spiro atoms. The van der Waals surface area contributed by atoms with Gasteiger partial charge in [0.25, 0.3) is 0 Å². The van der Waals surface area contributed by atoms with Crippen molar-refractivity contribution in [2.24, 2.45) is 0 Å². The average Bonchev–Trinajstić information content (AvgIpc) is 2.38. The highest BCUT2D eigenvalue weighted by Crippen LogP contribution is 2.48. The molecule has 0 radical (unpaired) electrons. The molecular weight excluding hydrogens is 516 g/mol. The Kier molecular flexibility index (Phi) is 8.09. The van der Waals surface area contributed by atoms with Gasteiger partial charge in [0, 0.05) is 0 Å². The van der Waals surface area contributed by atoms with Crippen LogP contribution in [0.25, 0.3) is 0 Å². The first kappa shape index (κ1) is 27.4. The van der Waals surface area contributed by atoms with Crippen molar-refractivity contribution in [1.82, 2.24) is 0 Å². The maximum Gasteiger partial charge on any atom is 0.427 e. The highest BCUT2D eigenvalue weighted by Gasteiger charge is 2.66. The second-order valence-corrected chi connectivity index (χ2v) is 7.85. The van der Waals surface area contributed by atoms with Gasteiger partial charge in [-0.05, 0) is 0 Å². The van der Waals surface area contributed by atoms with Crippen LogP contribution in [-0.2, 0) is 19.4 Å². The highest BCUT2D eigenvalue weighted by atomic mass is 35.5. The predicted molar refractivity (Wildman–Crippen MR) is 72.3 cm³/mol. The molecule has 0 atom stereocenters. The lowest BCUT2D eigenvalue weighted by molar-refractivity contribution is -0.289. The van der Waals surface area contributed by atoms with E-state index in [1.165, 1.54) is 0 Å². The van der Waals surface area contributed by atoms with Crippen molar-refractivity contribution in [3.63, 3.8) is 0 Å². The fraction of sp³-hybridized carbons (Fsp3) is 0.800. The predicted octanol–water partition coefficient (Wildman–Crippen LogP) is 5.51. The molecule has 0 aliphatic rings. The summed E-state index contributed by atoms with van der Waals surface area (Å²) in [6, 6.07) is 0. The molecule has 0 aromatic rings. The second-order valence-electron chi connectivity index (χ2n) is 4.88. The highest BCUT2D eigenvalue weighted by molar-refractivity contribution is 6.51. The van der Waals surface area contributed by atoms with Crippen molar-refractivity contribution >= 4 is 58.3 Å². The Balaban J connectivity index is 5.27. The summed E-state index contributed by atoms with van der Waals surface area (Å²) in [5.74, 6) is -17.5. The molecule has 0 aliphatic carbocycles. The molecule has 0 amide bonds. The van der Waals surface area contributed by atoms with E-state index < -0.39 is 57.6 Å². The van der Waals surface area contributed by atoms with Crippen LogP contribution in [0, 0.1) is 0 Å². The molecule has 0 aromatic heterocycles. The molecule has 0 aromatic carbocycles. The Hall–Kier alpha value is -0.600. The van der Waals surface area contributed by atoms with E-state index in [9.17, 15) is 53.5 Å². The molecule has 18 heteroatoms. The van der Waals surface area contributed by atoms with E-state index in [0.717, 1.165) is 0 Å². The summed E-state index contributed by atoms with van der Waals surface area (Å²) in [5.41, 5.74) is 0. The minimum absolute atomic E-state index is 2.70. The summed E-state index contributed by atoms with van der Waals surface area (Å²) >= 11 is 18.8. The molecule has 4 nitrogen and oxygen atoms in total. The molecule has 0 fully saturated rings. The topological polar surface area (TPSA) is 52.6 Å². The van der Waals surface area contributed by atoms with E-state index in [2.05, 4.69) is 9.78 Å². The number of alkyl halides is 14. The van der Waals surface area contributed by atoms with Gasteiger partial charge in [-0.3, -0.25) is 0 Å². The minimum Gasteiger partial charge on any atom is -0.240 e. The molecule has 0 N–H and O–H groups in total. The Morgan fingerprint density at radius 1 is 0.571 bits per heavy atom. The van der Waals surface area contributed by atoms with Crippen LogP contribution in [0.15, 0.2) is 0 Å². The number of carbonyl (C=O) groups is 2. The maximum atomic E-state index is 13.5. The summed E-state index contributed by atoms with van der Waals surface area (Å²) in [7, 11) is 0. The molecule has 0 rings (SSSR count). The first-order chi connectivity index (χ1) is 12.0. The van der Waals surface area contributed by atoms with Crippen LogP contribution in [0.2, 0.25) is 0 Å². The van der Waals surface area contributed by atoms with Crippen molar-refractivity contribution in [1.29, 1.82) is 0 Å². The lowest BCUT2D eigenvalue weighted by Crippen LogP contribution is -2.51. The fourth-order valence-electron chi connectivity index (χ4n) is 1.20. The SMILES string of the molecule is O=C(OOC(=O)C(F)(F)C(Cl)(Cl)CC(F)(F)F)C(F)(F)C(Cl)(Cl)CC(F)(F)F. The third-order valence-corrected chi connectivity index (χ3v) is 3.95. The van der Waals surface area contributed by atoms with Crippen LogP contribution < -0.4 is 0 Å². The molecule has 0 heterocycles. The average molecular weight is 520 g/mol. The van der Waals surface area contributed by atoms with E-state index in [1.807, 2.05) is 0 Å². The number of hydrogen-bond donors (Lipinski definition) is 0. The van der Waals surface area contributed by atoms with Gasteiger partial charge in [-0.2, -0.15) is 43.9 Å². The van der Waals surface area contributed by atoms with Gasteiger partial charge >= 0.3 is 36.1 Å².